The molecule has 2 atom stereocenters. The highest BCUT2D eigenvalue weighted by Gasteiger charge is 2.33. The molecule has 0 saturated carbocycles. The molecule has 2 unspecified atom stereocenters. The van der Waals surface area contributed by atoms with Gasteiger partial charge in [-0.15, -0.1) is 0 Å². The van der Waals surface area contributed by atoms with Gasteiger partial charge in [0.05, 0.1) is 26.4 Å². The number of aliphatic hydroxyl groups is 1. The fraction of sp³-hybridized carbons (Fsp3) is 0.625. The molecule has 0 aliphatic carbocycles. The minimum Gasteiger partial charge on any atom is -0.445 e. The fourth-order valence-corrected chi connectivity index (χ4v) is 3.09. The van der Waals surface area contributed by atoms with Gasteiger partial charge in [0.2, 0.25) is 11.8 Å². The van der Waals surface area contributed by atoms with Crippen molar-refractivity contribution in [2.24, 2.45) is 16.0 Å². The Morgan fingerprint density at radius 2 is 1.65 bits per heavy atom. The zero-order valence-corrected chi connectivity index (χ0v) is 21.2. The highest BCUT2D eigenvalue weighted by molar-refractivity contribution is 5.85. The number of carbonyl (C=O) groups is 3. The quantitative estimate of drug-likeness (QED) is 0.129. The van der Waals surface area contributed by atoms with Crippen LogP contribution in [0.4, 0.5) is 4.79 Å². The molecule has 6 N–H and O–H groups in total. The molecule has 0 saturated heterocycles. The summed E-state index contributed by atoms with van der Waals surface area (Å²) in [6, 6.07) is 8.22. The molecule has 0 spiro atoms. The molecule has 37 heavy (non-hydrogen) atoms. The summed E-state index contributed by atoms with van der Waals surface area (Å²) in [4.78, 5) is 36.3. The van der Waals surface area contributed by atoms with Crippen LogP contribution in [0.5, 0.6) is 0 Å². The zero-order chi connectivity index (χ0) is 26.9. The van der Waals surface area contributed by atoms with Crippen LogP contribution in [0.15, 0.2) is 40.6 Å². The van der Waals surface area contributed by atoms with Crippen LogP contribution in [-0.4, -0.2) is 80.5 Å². The van der Waals surface area contributed by atoms with Gasteiger partial charge in [-0.1, -0.05) is 30.3 Å². The molecule has 0 aromatic heterocycles. The average molecular weight is 523 g/mol. The van der Waals surface area contributed by atoms with Crippen molar-refractivity contribution >= 4 is 17.9 Å². The Hall–Kier alpha value is -3.13. The van der Waals surface area contributed by atoms with E-state index in [0.717, 1.165) is 5.56 Å². The van der Waals surface area contributed by atoms with Crippen LogP contribution < -0.4 is 21.7 Å². The number of amides is 3. The van der Waals surface area contributed by atoms with Gasteiger partial charge in [-0.3, -0.25) is 9.59 Å². The lowest BCUT2D eigenvalue weighted by molar-refractivity contribution is -0.124. The number of nitrogens with two attached hydrogens (primary N) is 1. The van der Waals surface area contributed by atoms with E-state index >= 15 is 0 Å². The monoisotopic (exact) mass is 522 g/mol. The summed E-state index contributed by atoms with van der Waals surface area (Å²) in [6.07, 6.45) is -0.615. The summed E-state index contributed by atoms with van der Waals surface area (Å²) in [5.74, 6) is -0.502. The lowest BCUT2D eigenvalue weighted by Crippen LogP contribution is -2.48. The number of carbonyl (C=O) groups excluding carboxylic acids is 3. The maximum atomic E-state index is 12.5. The van der Waals surface area contributed by atoms with E-state index in [2.05, 4.69) is 26.2 Å². The van der Waals surface area contributed by atoms with Gasteiger partial charge in [-0.25, -0.2) is 4.79 Å². The molecule has 13 nitrogen and oxygen atoms in total. The summed E-state index contributed by atoms with van der Waals surface area (Å²) in [7, 11) is 0. The van der Waals surface area contributed by atoms with Gasteiger partial charge in [0.15, 0.2) is 5.66 Å². The molecule has 1 aliphatic rings. The molecular formula is C24H38N6O7. The second-order valence-corrected chi connectivity index (χ2v) is 8.69. The van der Waals surface area contributed by atoms with E-state index in [4.69, 9.17) is 19.9 Å². The smallest absolute Gasteiger partial charge is 0.408 e. The Kier molecular flexibility index (Phi) is 13.5. The first-order valence-corrected chi connectivity index (χ1v) is 12.3. The van der Waals surface area contributed by atoms with Crippen molar-refractivity contribution in [3.05, 3.63) is 35.9 Å². The molecule has 0 bridgehead atoms. The van der Waals surface area contributed by atoms with Crippen molar-refractivity contribution in [3.63, 3.8) is 0 Å². The number of hydrogen-bond donors (Lipinski definition) is 5. The molecule has 2 rings (SSSR count). The number of benzene rings is 1. The minimum absolute atomic E-state index is 0.0626. The molecule has 1 aliphatic heterocycles. The molecule has 206 valence electrons. The van der Waals surface area contributed by atoms with Crippen molar-refractivity contribution in [1.29, 1.82) is 0 Å². The van der Waals surface area contributed by atoms with Crippen LogP contribution in [-0.2, 0) is 30.4 Å². The van der Waals surface area contributed by atoms with Gasteiger partial charge in [0, 0.05) is 25.9 Å². The van der Waals surface area contributed by atoms with E-state index in [1.54, 1.807) is 0 Å². The first-order valence-electron chi connectivity index (χ1n) is 12.3. The van der Waals surface area contributed by atoms with Crippen LogP contribution in [0.3, 0.4) is 0 Å². The highest BCUT2D eigenvalue weighted by atomic mass is 16.5. The number of hydrogen-bond acceptors (Lipinski definition) is 10. The molecular weight excluding hydrogens is 484 g/mol. The third-order valence-electron chi connectivity index (χ3n) is 5.33. The van der Waals surface area contributed by atoms with Crippen LogP contribution >= 0.6 is 0 Å². The summed E-state index contributed by atoms with van der Waals surface area (Å²) in [6.45, 7) is 3.82. The second-order valence-electron chi connectivity index (χ2n) is 8.69. The van der Waals surface area contributed by atoms with Crippen LogP contribution in [0.2, 0.25) is 0 Å². The first-order chi connectivity index (χ1) is 17.8. The number of nitrogens with one attached hydrogen (secondary N) is 3. The number of aliphatic hydroxyl groups excluding tert-OH is 1. The summed E-state index contributed by atoms with van der Waals surface area (Å²) in [5, 5.41) is 25.0. The number of ether oxygens (including phenoxy) is 3. The van der Waals surface area contributed by atoms with Gasteiger partial charge < -0.3 is 41.0 Å². The summed E-state index contributed by atoms with van der Waals surface area (Å²) >= 11 is 0. The van der Waals surface area contributed by atoms with E-state index in [0.29, 0.717) is 39.2 Å². The number of rotatable bonds is 19. The SMILES string of the molecule is CC1(CCC(=O)NCCOCCOCCNC(=O)C(CCC(N)O)NC(=O)OCc2ccccc2)N=N1. The van der Waals surface area contributed by atoms with Gasteiger partial charge in [0.25, 0.3) is 0 Å². The fourth-order valence-electron chi connectivity index (χ4n) is 3.09. The molecule has 3 amide bonds. The maximum absolute atomic E-state index is 12.5. The Bertz CT molecular complexity index is 862. The topological polar surface area (TPSA) is 186 Å². The standard InChI is InChI=1S/C24H38N6O7/c1-24(29-30-24)10-9-21(32)26-11-13-35-15-16-36-14-12-27-22(33)19(7-8-20(25)31)28-23(34)37-17-18-5-3-2-4-6-18/h2-6,19-20,31H,7-17,25H2,1H3,(H,26,32)(H,27,33)(H,28,34). The summed E-state index contributed by atoms with van der Waals surface area (Å²) < 4.78 is 16.0. The summed E-state index contributed by atoms with van der Waals surface area (Å²) in [5.41, 5.74) is 5.81. The average Bonchev–Trinajstić information content (AvgIpc) is 3.62. The third-order valence-corrected chi connectivity index (χ3v) is 5.33. The van der Waals surface area contributed by atoms with E-state index in [9.17, 15) is 19.5 Å². The van der Waals surface area contributed by atoms with Crippen molar-refractivity contribution < 1.29 is 33.7 Å². The Morgan fingerprint density at radius 1 is 1.00 bits per heavy atom. The predicted octanol–water partition coefficient (Wildman–Crippen LogP) is 0.567. The predicted molar refractivity (Wildman–Crippen MR) is 133 cm³/mol. The Balaban J connectivity index is 1.52. The van der Waals surface area contributed by atoms with Gasteiger partial charge >= 0.3 is 6.09 Å². The maximum Gasteiger partial charge on any atom is 0.408 e. The van der Waals surface area contributed by atoms with Crippen molar-refractivity contribution in [2.45, 2.75) is 57.1 Å². The Morgan fingerprint density at radius 3 is 2.27 bits per heavy atom. The number of nitrogens with zero attached hydrogens (tertiary/aromatic N) is 2. The van der Waals surface area contributed by atoms with Crippen molar-refractivity contribution in [2.75, 3.05) is 39.5 Å². The molecule has 1 aromatic carbocycles. The second kappa shape index (κ2) is 16.6. The van der Waals surface area contributed by atoms with E-state index in [1.807, 2.05) is 37.3 Å². The van der Waals surface area contributed by atoms with Crippen molar-refractivity contribution in [3.8, 4) is 0 Å². The lowest BCUT2D eigenvalue weighted by Gasteiger charge is -2.19. The van der Waals surface area contributed by atoms with E-state index in [1.165, 1.54) is 0 Å². The molecule has 0 radical (unpaired) electrons. The first kappa shape index (κ1) is 30.1. The molecule has 13 heteroatoms. The lowest BCUT2D eigenvalue weighted by atomic mass is 10.1. The van der Waals surface area contributed by atoms with Gasteiger partial charge in [0.1, 0.15) is 18.9 Å². The van der Waals surface area contributed by atoms with Crippen LogP contribution in [0.25, 0.3) is 0 Å². The normalized spacial score (nSPS) is 14.9. The number of alkyl carbamates (subject to hydrolysis) is 1. The molecule has 0 fully saturated rings. The highest BCUT2D eigenvalue weighted by Crippen LogP contribution is 2.31. The third kappa shape index (κ3) is 14.3. The van der Waals surface area contributed by atoms with Crippen molar-refractivity contribution in [1.82, 2.24) is 16.0 Å². The molecule has 1 heterocycles. The van der Waals surface area contributed by atoms with Crippen LogP contribution in [0, 0.1) is 0 Å². The van der Waals surface area contributed by atoms with E-state index < -0.39 is 24.3 Å². The van der Waals surface area contributed by atoms with Crippen LogP contribution in [0.1, 0.15) is 38.2 Å². The van der Waals surface area contributed by atoms with Gasteiger partial charge in [-0.05, 0) is 25.3 Å². The Labute approximate surface area is 216 Å². The largest absolute Gasteiger partial charge is 0.445 e. The zero-order valence-electron chi connectivity index (χ0n) is 21.2. The van der Waals surface area contributed by atoms with Gasteiger partial charge in [-0.2, -0.15) is 10.2 Å². The minimum atomic E-state index is -1.10. The molecule has 1 aromatic rings. The van der Waals surface area contributed by atoms with E-state index in [-0.39, 0.29) is 44.2 Å².